The molecular formula is C38H43N6O5PSi. The molecule has 264 valence electrons. The van der Waals surface area contributed by atoms with Crippen LogP contribution in [0.15, 0.2) is 104 Å². The van der Waals surface area contributed by atoms with Crippen LogP contribution in [0, 0.1) is 0 Å². The van der Waals surface area contributed by atoms with E-state index in [0.29, 0.717) is 28.6 Å². The van der Waals surface area contributed by atoms with E-state index in [1.54, 1.807) is 25.6 Å². The number of hydrogen-bond donors (Lipinski definition) is 1. The average Bonchev–Trinajstić information content (AvgIpc) is 3.97. The fraction of sp³-hybridized carbons (Fsp3) is 0.368. The van der Waals surface area contributed by atoms with E-state index >= 15 is 0 Å². The Morgan fingerprint density at radius 3 is 2.29 bits per heavy atom. The van der Waals surface area contributed by atoms with Gasteiger partial charge >= 0.3 is 0 Å². The summed E-state index contributed by atoms with van der Waals surface area (Å²) >= 11 is 0. The number of nitrogens with zero attached hydrogens (tertiary/aromatic N) is 5. The van der Waals surface area contributed by atoms with Crippen molar-refractivity contribution in [3.05, 3.63) is 109 Å². The molecular weight excluding hydrogens is 680 g/mol. The minimum Gasteiger partial charge on any atom is -0.374 e. The van der Waals surface area contributed by atoms with E-state index in [0.717, 1.165) is 31.9 Å². The molecule has 1 unspecified atom stereocenters. The quantitative estimate of drug-likeness (QED) is 0.134. The van der Waals surface area contributed by atoms with E-state index in [-0.39, 0.29) is 24.2 Å². The summed E-state index contributed by atoms with van der Waals surface area (Å²) in [4.78, 5) is 26.5. The molecule has 0 radical (unpaired) electrons. The fourth-order valence-corrected chi connectivity index (χ4v) is 13.9. The van der Waals surface area contributed by atoms with Gasteiger partial charge in [-0.1, -0.05) is 103 Å². The van der Waals surface area contributed by atoms with E-state index in [2.05, 4.69) is 99.1 Å². The van der Waals surface area contributed by atoms with Crippen LogP contribution in [0.2, 0.25) is 12.6 Å². The number of carbonyl (C=O) groups is 1. The van der Waals surface area contributed by atoms with Gasteiger partial charge in [0.15, 0.2) is 23.2 Å². The molecule has 2 aromatic heterocycles. The highest BCUT2D eigenvalue weighted by atomic mass is 31.2. The lowest BCUT2D eigenvalue weighted by Gasteiger charge is -2.32. The zero-order chi connectivity index (χ0) is 35.0. The van der Waals surface area contributed by atoms with Crippen LogP contribution in [-0.4, -0.2) is 82.3 Å². The molecule has 0 saturated carbocycles. The second-order valence-corrected chi connectivity index (χ2v) is 19.3. The van der Waals surface area contributed by atoms with Crippen molar-refractivity contribution in [1.82, 2.24) is 24.2 Å². The van der Waals surface area contributed by atoms with Crippen LogP contribution in [0.3, 0.4) is 0 Å². The molecule has 51 heavy (non-hydrogen) atoms. The highest BCUT2D eigenvalue weighted by molar-refractivity contribution is 7.45. The van der Waals surface area contributed by atoms with Gasteiger partial charge in [-0.15, -0.1) is 0 Å². The molecule has 5 aromatic rings. The summed E-state index contributed by atoms with van der Waals surface area (Å²) in [6, 6.07) is 32.3. The van der Waals surface area contributed by atoms with Gasteiger partial charge in [-0.3, -0.25) is 9.36 Å². The average molecular weight is 723 g/mol. The Bertz CT molecular complexity index is 1920. The Kier molecular flexibility index (Phi) is 9.82. The second-order valence-electron chi connectivity index (χ2n) is 13.6. The van der Waals surface area contributed by atoms with Crippen molar-refractivity contribution < 1.29 is 23.3 Å². The third kappa shape index (κ3) is 6.44. The van der Waals surface area contributed by atoms with Crippen molar-refractivity contribution >= 4 is 49.9 Å². The van der Waals surface area contributed by atoms with Crippen LogP contribution in [0.1, 0.15) is 42.8 Å². The van der Waals surface area contributed by atoms with Crippen molar-refractivity contribution in [2.75, 3.05) is 19.0 Å². The molecule has 0 aliphatic carbocycles. The largest absolute Gasteiger partial charge is 0.374 e. The lowest BCUT2D eigenvalue weighted by molar-refractivity contribution is -0.0493. The van der Waals surface area contributed by atoms with Gasteiger partial charge < -0.3 is 23.8 Å². The minimum absolute atomic E-state index is 0.0636. The zero-order valence-corrected chi connectivity index (χ0v) is 30.9. The molecule has 11 nitrogen and oxygen atoms in total. The van der Waals surface area contributed by atoms with Gasteiger partial charge in [0.25, 0.3) is 14.4 Å². The van der Waals surface area contributed by atoms with Crippen LogP contribution < -0.4 is 15.7 Å². The number of fused-ring (bicyclic) bond motifs is 2. The van der Waals surface area contributed by atoms with E-state index in [1.165, 1.54) is 16.7 Å². The zero-order valence-electron chi connectivity index (χ0n) is 29.0. The molecule has 7 atom stereocenters. The molecule has 0 spiro atoms. The van der Waals surface area contributed by atoms with Crippen LogP contribution in [0.5, 0.6) is 0 Å². The Labute approximate surface area is 300 Å². The Balaban J connectivity index is 1.04. The van der Waals surface area contributed by atoms with E-state index in [1.807, 2.05) is 22.8 Å². The first-order chi connectivity index (χ1) is 25.0. The molecule has 3 fully saturated rings. The molecule has 3 aliphatic heterocycles. The predicted octanol–water partition coefficient (Wildman–Crippen LogP) is 5.77. The van der Waals surface area contributed by atoms with E-state index < -0.39 is 28.9 Å². The molecule has 3 saturated heterocycles. The van der Waals surface area contributed by atoms with Gasteiger partial charge in [0.1, 0.15) is 26.6 Å². The number of aromatic nitrogens is 4. The minimum atomic E-state index is -2.14. The van der Waals surface area contributed by atoms with Gasteiger partial charge in [0, 0.05) is 25.3 Å². The third-order valence-electron chi connectivity index (χ3n) is 10.6. The topological polar surface area (TPSA) is 113 Å². The second kappa shape index (κ2) is 14.6. The smallest absolute Gasteiger partial charge is 0.259 e. The van der Waals surface area contributed by atoms with Crippen LogP contribution in [0.25, 0.3) is 11.2 Å². The Morgan fingerprint density at radius 1 is 0.941 bits per heavy atom. The number of methoxy groups -OCH3 is 1. The van der Waals surface area contributed by atoms with Gasteiger partial charge in [0.2, 0.25) is 0 Å². The summed E-state index contributed by atoms with van der Waals surface area (Å²) in [5, 5.41) is 5.72. The van der Waals surface area contributed by atoms with Crippen molar-refractivity contribution in [3.63, 3.8) is 0 Å². The standard InChI is InChI=1S/C38H43N6O5PSi/c1-4-30-33(34(46-2)38(47-30)43-25-41-32-35(39-24-40-36(32)43)42-37(45)26-15-8-5-9-16-26)49-50-44-22-14-21-29(44)31(48-50)23-51(3,27-17-10-6-11-18-27)28-19-12-7-13-20-28/h5-13,15-20,24-25,29-31,33-34,38H,4,14,21-23H2,1-3H3,(H,39,40,42,45)/t29-,30+,31+,33?,34-,38+,50+/m0/s1. The first kappa shape index (κ1) is 34.2. The number of carbonyl (C=O) groups excluding carboxylic acids is 1. The summed E-state index contributed by atoms with van der Waals surface area (Å²) in [7, 11) is -1.80. The number of anilines is 1. The molecule has 1 N–H and O–H groups in total. The van der Waals surface area contributed by atoms with Gasteiger partial charge in [-0.2, -0.15) is 0 Å². The number of nitrogens with one attached hydrogen (secondary N) is 1. The predicted molar refractivity (Wildman–Crippen MR) is 200 cm³/mol. The van der Waals surface area contributed by atoms with Gasteiger partial charge in [0.05, 0.1) is 18.5 Å². The molecule has 3 aliphatic rings. The molecule has 13 heteroatoms. The normalized spacial score (nSPS) is 26.5. The van der Waals surface area contributed by atoms with E-state index in [9.17, 15) is 4.79 Å². The highest BCUT2D eigenvalue weighted by Crippen LogP contribution is 2.59. The molecule has 0 bridgehead atoms. The number of amides is 1. The Morgan fingerprint density at radius 2 is 1.63 bits per heavy atom. The van der Waals surface area contributed by atoms with Crippen LogP contribution in [-0.2, 0) is 18.5 Å². The first-order valence-electron chi connectivity index (χ1n) is 17.7. The third-order valence-corrected chi connectivity index (χ3v) is 16.9. The maximum Gasteiger partial charge on any atom is 0.259 e. The SMILES string of the molecule is CC[C@H]1O[C@@H](n2cnc3c(NC(=O)c4ccccc4)ncnc32)[C@@H](OC)C1O[P@@]1O[C@H](C[Si](C)(c2ccccc2)c2ccccc2)[C@@H]2CCCN21. The molecule has 5 heterocycles. The number of imidazole rings is 1. The Hall–Kier alpha value is -3.87. The fourth-order valence-electron chi connectivity index (χ4n) is 7.92. The maximum atomic E-state index is 13.0. The number of rotatable bonds is 11. The summed E-state index contributed by atoms with van der Waals surface area (Å²) < 4.78 is 31.2. The van der Waals surface area contributed by atoms with Crippen molar-refractivity contribution in [2.24, 2.45) is 0 Å². The van der Waals surface area contributed by atoms with Crippen molar-refractivity contribution in [1.29, 1.82) is 0 Å². The lowest BCUT2D eigenvalue weighted by atomic mass is 10.1. The number of hydrogen-bond acceptors (Lipinski definition) is 9. The highest BCUT2D eigenvalue weighted by Gasteiger charge is 2.54. The van der Waals surface area contributed by atoms with Crippen molar-refractivity contribution in [2.45, 2.75) is 75.5 Å². The van der Waals surface area contributed by atoms with Gasteiger partial charge in [-0.25, -0.2) is 19.6 Å². The van der Waals surface area contributed by atoms with Gasteiger partial charge in [-0.05, 0) is 37.4 Å². The van der Waals surface area contributed by atoms with Crippen LogP contribution in [0.4, 0.5) is 5.82 Å². The first-order valence-corrected chi connectivity index (χ1v) is 21.6. The summed E-state index contributed by atoms with van der Waals surface area (Å²) in [6.45, 7) is 5.53. The monoisotopic (exact) mass is 722 g/mol. The number of benzene rings is 3. The molecule has 8 rings (SSSR count). The number of ether oxygens (including phenoxy) is 2. The van der Waals surface area contributed by atoms with Crippen LogP contribution >= 0.6 is 8.53 Å². The maximum absolute atomic E-state index is 13.0. The summed E-state index contributed by atoms with van der Waals surface area (Å²) in [6.07, 6.45) is 4.48. The lowest BCUT2D eigenvalue weighted by Crippen LogP contribution is -2.58. The molecule has 1 amide bonds. The van der Waals surface area contributed by atoms with Crippen molar-refractivity contribution in [3.8, 4) is 0 Å². The van der Waals surface area contributed by atoms with E-state index in [4.69, 9.17) is 18.5 Å². The summed E-state index contributed by atoms with van der Waals surface area (Å²) in [5.74, 6) is 0.0550. The molecule has 3 aromatic carbocycles. The summed E-state index contributed by atoms with van der Waals surface area (Å²) in [5.41, 5.74) is 1.52.